The Morgan fingerprint density at radius 1 is 1.20 bits per heavy atom. The van der Waals surface area contributed by atoms with Crippen LogP contribution in [-0.4, -0.2) is 6.54 Å². The highest BCUT2D eigenvalue weighted by Crippen LogP contribution is 2.22. The molecule has 1 aromatic carbocycles. The van der Waals surface area contributed by atoms with E-state index in [2.05, 4.69) is 66.3 Å². The first-order chi connectivity index (χ1) is 7.11. The fraction of sp³-hybridized carbons (Fsp3) is 0.538. The van der Waals surface area contributed by atoms with Gasteiger partial charge in [0.05, 0.1) is 0 Å². The molecule has 0 aliphatic heterocycles. The Hall–Kier alpha value is -0.340. The van der Waals surface area contributed by atoms with Gasteiger partial charge in [0.2, 0.25) is 0 Å². The Morgan fingerprint density at radius 2 is 1.87 bits per heavy atom. The van der Waals surface area contributed by atoms with Crippen LogP contribution >= 0.6 is 15.9 Å². The maximum absolute atomic E-state index is 3.58. The number of hydrogen-bond acceptors (Lipinski definition) is 1. The summed E-state index contributed by atoms with van der Waals surface area (Å²) in [6.07, 6.45) is 1.23. The summed E-state index contributed by atoms with van der Waals surface area (Å²) in [6.45, 7) is 7.80. The molecule has 0 radical (unpaired) electrons. The van der Waals surface area contributed by atoms with Gasteiger partial charge in [0.1, 0.15) is 0 Å². The van der Waals surface area contributed by atoms with Crippen LogP contribution < -0.4 is 5.32 Å². The number of benzene rings is 1. The van der Waals surface area contributed by atoms with Crippen molar-refractivity contribution in [1.29, 1.82) is 0 Å². The van der Waals surface area contributed by atoms with E-state index < -0.39 is 0 Å². The van der Waals surface area contributed by atoms with Crippen molar-refractivity contribution in [3.05, 3.63) is 34.3 Å². The summed E-state index contributed by atoms with van der Waals surface area (Å²) in [5, 5.41) is 3.54. The smallest absolute Gasteiger partial charge is 0.0302 e. The van der Waals surface area contributed by atoms with Gasteiger partial charge in [0.15, 0.2) is 0 Å². The lowest BCUT2D eigenvalue weighted by Gasteiger charge is -2.16. The average molecular weight is 270 g/mol. The molecule has 1 N–H and O–H groups in total. The summed E-state index contributed by atoms with van der Waals surface area (Å²) in [4.78, 5) is 0. The van der Waals surface area contributed by atoms with Gasteiger partial charge in [-0.25, -0.2) is 0 Å². The van der Waals surface area contributed by atoms with Crippen molar-refractivity contribution in [1.82, 2.24) is 5.32 Å². The third-order valence-corrected chi connectivity index (χ3v) is 3.27. The van der Waals surface area contributed by atoms with Gasteiger partial charge in [-0.2, -0.15) is 0 Å². The van der Waals surface area contributed by atoms with Crippen LogP contribution in [0.4, 0.5) is 0 Å². The molecule has 1 nitrogen and oxygen atoms in total. The molecular formula is C13H20BrN. The second-order valence-electron chi connectivity index (χ2n) is 4.38. The molecule has 2 heteroatoms. The molecule has 0 aromatic heterocycles. The van der Waals surface area contributed by atoms with Gasteiger partial charge in [-0.15, -0.1) is 0 Å². The lowest BCUT2D eigenvalue weighted by atomic mass is 10.1. The normalized spacial score (nSPS) is 13.1. The lowest BCUT2D eigenvalue weighted by molar-refractivity contribution is 0.496. The highest BCUT2D eigenvalue weighted by molar-refractivity contribution is 9.10. The van der Waals surface area contributed by atoms with Crippen molar-refractivity contribution in [2.45, 2.75) is 33.2 Å². The van der Waals surface area contributed by atoms with Crippen molar-refractivity contribution < 1.29 is 0 Å². The fourth-order valence-electron chi connectivity index (χ4n) is 1.52. The van der Waals surface area contributed by atoms with Crippen molar-refractivity contribution in [2.75, 3.05) is 6.54 Å². The van der Waals surface area contributed by atoms with Gasteiger partial charge in [-0.1, -0.05) is 48.0 Å². The third-order valence-electron chi connectivity index (χ3n) is 2.54. The van der Waals surface area contributed by atoms with Crippen LogP contribution in [0.5, 0.6) is 0 Å². The highest BCUT2D eigenvalue weighted by atomic mass is 79.9. The maximum Gasteiger partial charge on any atom is 0.0302 e. The van der Waals surface area contributed by atoms with Crippen molar-refractivity contribution in [2.24, 2.45) is 5.92 Å². The second-order valence-corrected chi connectivity index (χ2v) is 5.23. The molecule has 0 fully saturated rings. The van der Waals surface area contributed by atoms with E-state index in [0.717, 1.165) is 12.5 Å². The van der Waals surface area contributed by atoms with Crippen LogP contribution in [0.25, 0.3) is 0 Å². The zero-order valence-corrected chi connectivity index (χ0v) is 11.3. The third kappa shape index (κ3) is 4.35. The van der Waals surface area contributed by atoms with Crippen molar-refractivity contribution >= 4 is 15.9 Å². The monoisotopic (exact) mass is 269 g/mol. The molecule has 0 spiro atoms. The van der Waals surface area contributed by atoms with Crippen LogP contribution in [-0.2, 0) is 0 Å². The molecule has 0 aliphatic rings. The summed E-state index contributed by atoms with van der Waals surface area (Å²) in [5.41, 5.74) is 1.33. The predicted molar refractivity (Wildman–Crippen MR) is 70.0 cm³/mol. The van der Waals surface area contributed by atoms with Crippen molar-refractivity contribution in [3.63, 3.8) is 0 Å². The molecule has 0 heterocycles. The Morgan fingerprint density at radius 3 is 2.47 bits per heavy atom. The molecule has 15 heavy (non-hydrogen) atoms. The maximum atomic E-state index is 3.58. The Kier molecular flexibility index (Phi) is 5.34. The predicted octanol–water partition coefficient (Wildman–Crippen LogP) is 4.15. The standard InChI is InChI=1S/C13H20BrN/c1-10(2)8-9-15-11(3)12-6-4-5-7-13(12)14/h4-7,10-11,15H,8-9H2,1-3H3/t11-/m0/s1. The average Bonchev–Trinajstić information content (AvgIpc) is 2.17. The molecule has 0 amide bonds. The lowest BCUT2D eigenvalue weighted by Crippen LogP contribution is -2.21. The summed E-state index contributed by atoms with van der Waals surface area (Å²) < 4.78 is 1.19. The SMILES string of the molecule is CC(C)CCN[C@@H](C)c1ccccc1Br. The Balaban J connectivity index is 2.47. The van der Waals surface area contributed by atoms with Gasteiger partial charge in [0.25, 0.3) is 0 Å². The minimum Gasteiger partial charge on any atom is -0.310 e. The van der Waals surface area contributed by atoms with Crippen LogP contribution in [0, 0.1) is 5.92 Å². The summed E-state index contributed by atoms with van der Waals surface area (Å²) in [7, 11) is 0. The minimum absolute atomic E-state index is 0.416. The van der Waals surface area contributed by atoms with Gasteiger partial charge in [-0.05, 0) is 37.4 Å². The number of hydrogen-bond donors (Lipinski definition) is 1. The van der Waals surface area contributed by atoms with Crippen molar-refractivity contribution in [3.8, 4) is 0 Å². The van der Waals surface area contributed by atoms with Gasteiger partial charge in [0, 0.05) is 10.5 Å². The largest absolute Gasteiger partial charge is 0.310 e. The highest BCUT2D eigenvalue weighted by Gasteiger charge is 2.07. The van der Waals surface area contributed by atoms with Crippen LogP contribution in [0.15, 0.2) is 28.7 Å². The van der Waals surface area contributed by atoms with E-state index in [1.165, 1.54) is 16.5 Å². The number of halogens is 1. The molecule has 0 saturated heterocycles. The molecular weight excluding hydrogens is 250 g/mol. The zero-order valence-electron chi connectivity index (χ0n) is 9.76. The molecule has 84 valence electrons. The first-order valence-electron chi connectivity index (χ1n) is 5.59. The van der Waals surface area contributed by atoms with Crippen LogP contribution in [0.1, 0.15) is 38.8 Å². The first-order valence-corrected chi connectivity index (χ1v) is 6.38. The Bertz CT molecular complexity index is 296. The molecule has 0 aliphatic carbocycles. The molecule has 0 saturated carbocycles. The van der Waals surface area contributed by atoms with Crippen LogP contribution in [0.3, 0.4) is 0 Å². The molecule has 1 aromatic rings. The van der Waals surface area contributed by atoms with Crippen LogP contribution in [0.2, 0.25) is 0 Å². The molecule has 1 atom stereocenters. The summed E-state index contributed by atoms with van der Waals surface area (Å²) in [6, 6.07) is 8.81. The topological polar surface area (TPSA) is 12.0 Å². The quantitative estimate of drug-likeness (QED) is 0.847. The first kappa shape index (κ1) is 12.7. The summed E-state index contributed by atoms with van der Waals surface area (Å²) in [5.74, 6) is 0.768. The Labute approximate surface area is 101 Å². The van der Waals surface area contributed by atoms with E-state index in [-0.39, 0.29) is 0 Å². The van der Waals surface area contributed by atoms with E-state index in [1.807, 2.05) is 0 Å². The second kappa shape index (κ2) is 6.29. The van der Waals surface area contributed by atoms with E-state index in [1.54, 1.807) is 0 Å². The minimum atomic E-state index is 0.416. The zero-order chi connectivity index (χ0) is 11.3. The van der Waals surface area contributed by atoms with E-state index in [0.29, 0.717) is 6.04 Å². The van der Waals surface area contributed by atoms with E-state index in [9.17, 15) is 0 Å². The molecule has 1 rings (SSSR count). The van der Waals surface area contributed by atoms with Gasteiger partial charge >= 0.3 is 0 Å². The van der Waals surface area contributed by atoms with E-state index in [4.69, 9.17) is 0 Å². The number of rotatable bonds is 5. The molecule has 0 bridgehead atoms. The summed E-state index contributed by atoms with van der Waals surface area (Å²) >= 11 is 3.58. The van der Waals surface area contributed by atoms with Gasteiger partial charge in [-0.3, -0.25) is 0 Å². The molecule has 0 unspecified atom stereocenters. The van der Waals surface area contributed by atoms with Gasteiger partial charge < -0.3 is 5.32 Å². The fourth-order valence-corrected chi connectivity index (χ4v) is 2.15. The number of nitrogens with one attached hydrogen (secondary N) is 1. The van der Waals surface area contributed by atoms with E-state index >= 15 is 0 Å².